The molecule has 4 nitrogen and oxygen atoms in total. The zero-order chi connectivity index (χ0) is 13.5. The van der Waals surface area contributed by atoms with Crippen LogP contribution in [-0.2, 0) is 13.0 Å². The Morgan fingerprint density at radius 3 is 3.05 bits per heavy atom. The quantitative estimate of drug-likeness (QED) is 0.735. The Morgan fingerprint density at radius 2 is 2.10 bits per heavy atom. The molecule has 1 aliphatic rings. The Hall–Kier alpha value is -2.20. The van der Waals surface area contributed by atoms with Crippen LogP contribution in [0.15, 0.2) is 34.9 Å². The van der Waals surface area contributed by atoms with Gasteiger partial charge in [0.2, 0.25) is 0 Å². The first kappa shape index (κ1) is 11.6. The Morgan fingerprint density at radius 1 is 1.20 bits per heavy atom. The number of hydrogen-bond acceptors (Lipinski definition) is 4. The van der Waals surface area contributed by atoms with Crippen LogP contribution in [0.3, 0.4) is 0 Å². The summed E-state index contributed by atoms with van der Waals surface area (Å²) in [5.74, 6) is 0.759. The van der Waals surface area contributed by atoms with E-state index in [1.165, 1.54) is 5.56 Å². The number of hydrogen-bond donors (Lipinski definition) is 1. The fourth-order valence-corrected chi connectivity index (χ4v) is 2.82. The zero-order valence-corrected chi connectivity index (χ0v) is 11.3. The summed E-state index contributed by atoms with van der Waals surface area (Å²) in [7, 11) is 0. The summed E-state index contributed by atoms with van der Waals surface area (Å²) in [5, 5.41) is 4.43. The second kappa shape index (κ2) is 4.42. The van der Waals surface area contributed by atoms with Gasteiger partial charge in [0.25, 0.3) is 0 Å². The minimum Gasteiger partial charge on any atom is -0.464 e. The fourth-order valence-electron chi connectivity index (χ4n) is 2.82. The van der Waals surface area contributed by atoms with Gasteiger partial charge >= 0.3 is 0 Å². The van der Waals surface area contributed by atoms with Crippen LogP contribution in [0.5, 0.6) is 0 Å². The van der Waals surface area contributed by atoms with Crippen LogP contribution in [0.4, 0.5) is 0 Å². The van der Waals surface area contributed by atoms with Crippen LogP contribution >= 0.6 is 0 Å². The van der Waals surface area contributed by atoms with Crippen molar-refractivity contribution < 1.29 is 4.42 Å². The van der Waals surface area contributed by atoms with Crippen molar-refractivity contribution >= 4 is 11.0 Å². The highest BCUT2D eigenvalue weighted by Gasteiger charge is 2.17. The van der Waals surface area contributed by atoms with E-state index in [9.17, 15) is 0 Å². The summed E-state index contributed by atoms with van der Waals surface area (Å²) in [4.78, 5) is 9.41. The lowest BCUT2D eigenvalue weighted by atomic mass is 10.0. The molecule has 0 saturated heterocycles. The van der Waals surface area contributed by atoms with E-state index < -0.39 is 0 Å². The molecule has 0 aliphatic carbocycles. The van der Waals surface area contributed by atoms with E-state index in [2.05, 4.69) is 17.2 Å². The van der Waals surface area contributed by atoms with Gasteiger partial charge in [0.05, 0.1) is 11.3 Å². The molecule has 3 heterocycles. The number of fused-ring (bicyclic) bond motifs is 2. The lowest BCUT2D eigenvalue weighted by Gasteiger charge is -2.18. The highest BCUT2D eigenvalue weighted by atomic mass is 16.3. The van der Waals surface area contributed by atoms with E-state index in [1.54, 1.807) is 6.26 Å². The highest BCUT2D eigenvalue weighted by molar-refractivity contribution is 5.91. The molecular formula is C16H15N3O. The summed E-state index contributed by atoms with van der Waals surface area (Å²) in [6.07, 6.45) is 2.76. The third kappa shape index (κ3) is 1.72. The number of nitrogens with zero attached hydrogens (tertiary/aromatic N) is 2. The predicted octanol–water partition coefficient (Wildman–Crippen LogP) is 2.84. The van der Waals surface area contributed by atoms with Gasteiger partial charge in [0.15, 0.2) is 5.82 Å². The SMILES string of the molecule is Cc1nc(-c2coc3ccccc23)nc2c1CCNC2. The maximum absolute atomic E-state index is 5.59. The molecule has 0 fully saturated rings. The van der Waals surface area contributed by atoms with E-state index in [-0.39, 0.29) is 0 Å². The summed E-state index contributed by atoms with van der Waals surface area (Å²) in [6, 6.07) is 7.99. The maximum Gasteiger partial charge on any atom is 0.163 e. The van der Waals surface area contributed by atoms with Gasteiger partial charge in [-0.1, -0.05) is 18.2 Å². The van der Waals surface area contributed by atoms with Gasteiger partial charge < -0.3 is 9.73 Å². The van der Waals surface area contributed by atoms with Crippen molar-refractivity contribution in [1.82, 2.24) is 15.3 Å². The second-order valence-corrected chi connectivity index (χ2v) is 5.13. The standard InChI is InChI=1S/C16H15N3O/c1-10-11-6-7-17-8-14(11)19-16(18-10)13-9-20-15-5-3-2-4-12(13)15/h2-5,9,17H,6-8H2,1H3. The van der Waals surface area contributed by atoms with Crippen LogP contribution < -0.4 is 5.32 Å². The smallest absolute Gasteiger partial charge is 0.163 e. The third-order valence-electron chi connectivity index (χ3n) is 3.87. The summed E-state index contributed by atoms with van der Waals surface area (Å²) in [5.41, 5.74) is 5.33. The van der Waals surface area contributed by atoms with Crippen molar-refractivity contribution in [2.75, 3.05) is 6.54 Å². The Labute approximate surface area is 116 Å². The molecule has 1 N–H and O–H groups in total. The van der Waals surface area contributed by atoms with Crippen LogP contribution in [0, 0.1) is 6.92 Å². The van der Waals surface area contributed by atoms with Crippen molar-refractivity contribution in [3.05, 3.63) is 47.5 Å². The van der Waals surface area contributed by atoms with Crippen molar-refractivity contribution in [3.63, 3.8) is 0 Å². The first-order valence-electron chi connectivity index (χ1n) is 6.86. The Balaban J connectivity index is 1.92. The summed E-state index contributed by atoms with van der Waals surface area (Å²) < 4.78 is 5.59. The molecule has 2 aromatic heterocycles. The number of benzene rings is 1. The van der Waals surface area contributed by atoms with Gasteiger partial charge in [0.1, 0.15) is 11.8 Å². The Bertz CT molecular complexity index is 792. The molecular weight excluding hydrogens is 250 g/mol. The minimum atomic E-state index is 0.759. The largest absolute Gasteiger partial charge is 0.464 e. The normalized spacial score (nSPS) is 14.4. The molecule has 20 heavy (non-hydrogen) atoms. The van der Waals surface area contributed by atoms with E-state index in [1.807, 2.05) is 24.3 Å². The van der Waals surface area contributed by atoms with Crippen LogP contribution in [-0.4, -0.2) is 16.5 Å². The van der Waals surface area contributed by atoms with Crippen molar-refractivity contribution in [1.29, 1.82) is 0 Å². The molecule has 1 aromatic carbocycles. The second-order valence-electron chi connectivity index (χ2n) is 5.13. The maximum atomic E-state index is 5.59. The van der Waals surface area contributed by atoms with Crippen molar-refractivity contribution in [2.24, 2.45) is 0 Å². The molecule has 0 saturated carbocycles. The molecule has 100 valence electrons. The Kier molecular flexibility index (Phi) is 2.57. The van der Waals surface area contributed by atoms with Gasteiger partial charge in [-0.2, -0.15) is 0 Å². The lowest BCUT2D eigenvalue weighted by molar-refractivity contribution is 0.613. The number of aryl methyl sites for hydroxylation is 1. The monoisotopic (exact) mass is 265 g/mol. The van der Waals surface area contributed by atoms with Crippen molar-refractivity contribution in [3.8, 4) is 11.4 Å². The lowest BCUT2D eigenvalue weighted by Crippen LogP contribution is -2.26. The number of furan rings is 1. The molecule has 0 spiro atoms. The molecule has 0 amide bonds. The van der Waals surface area contributed by atoms with Gasteiger partial charge in [0, 0.05) is 17.6 Å². The first-order valence-corrected chi connectivity index (χ1v) is 6.86. The summed E-state index contributed by atoms with van der Waals surface area (Å²) in [6.45, 7) is 3.89. The molecule has 1 aliphatic heterocycles. The van der Waals surface area contributed by atoms with Crippen LogP contribution in [0.2, 0.25) is 0 Å². The third-order valence-corrected chi connectivity index (χ3v) is 3.87. The average molecular weight is 265 g/mol. The highest BCUT2D eigenvalue weighted by Crippen LogP contribution is 2.29. The van der Waals surface area contributed by atoms with Gasteiger partial charge in [-0.3, -0.25) is 0 Å². The topological polar surface area (TPSA) is 51.0 Å². The zero-order valence-electron chi connectivity index (χ0n) is 11.3. The average Bonchev–Trinajstić information content (AvgIpc) is 2.91. The van der Waals surface area contributed by atoms with Crippen LogP contribution in [0.25, 0.3) is 22.4 Å². The molecule has 4 heteroatoms. The van der Waals surface area contributed by atoms with E-state index in [0.717, 1.165) is 53.3 Å². The molecule has 0 atom stereocenters. The van der Waals surface area contributed by atoms with Gasteiger partial charge in [-0.05, 0) is 31.5 Å². The molecule has 4 rings (SSSR count). The summed E-state index contributed by atoms with van der Waals surface area (Å²) >= 11 is 0. The van der Waals surface area contributed by atoms with Crippen LogP contribution in [0.1, 0.15) is 17.0 Å². The predicted molar refractivity (Wildman–Crippen MR) is 77.4 cm³/mol. The van der Waals surface area contributed by atoms with E-state index in [0.29, 0.717) is 0 Å². The van der Waals surface area contributed by atoms with Crippen molar-refractivity contribution in [2.45, 2.75) is 19.9 Å². The minimum absolute atomic E-state index is 0.759. The molecule has 0 radical (unpaired) electrons. The van der Waals surface area contributed by atoms with Gasteiger partial charge in [-0.25, -0.2) is 9.97 Å². The number of para-hydroxylation sites is 1. The molecule has 0 bridgehead atoms. The number of nitrogens with one attached hydrogen (secondary N) is 1. The number of aromatic nitrogens is 2. The molecule has 0 unspecified atom stereocenters. The molecule has 3 aromatic rings. The first-order chi connectivity index (χ1) is 9.83. The van der Waals surface area contributed by atoms with E-state index in [4.69, 9.17) is 9.40 Å². The fraction of sp³-hybridized carbons (Fsp3) is 0.250. The number of rotatable bonds is 1. The van der Waals surface area contributed by atoms with E-state index >= 15 is 0 Å². The van der Waals surface area contributed by atoms with Gasteiger partial charge in [-0.15, -0.1) is 0 Å².